The highest BCUT2D eigenvalue weighted by Gasteiger charge is 2.50. The lowest BCUT2D eigenvalue weighted by Crippen LogP contribution is -2.50. The van der Waals surface area contributed by atoms with E-state index in [1.54, 1.807) is 4.68 Å². The fourth-order valence-corrected chi connectivity index (χ4v) is 4.57. The number of ether oxygens (including phenoxy) is 1. The molecular formula is C16H24N4O2. The van der Waals surface area contributed by atoms with E-state index >= 15 is 0 Å². The van der Waals surface area contributed by atoms with Gasteiger partial charge in [-0.3, -0.25) is 9.48 Å². The summed E-state index contributed by atoms with van der Waals surface area (Å²) in [5.41, 5.74) is 7.37. The van der Waals surface area contributed by atoms with E-state index in [0.29, 0.717) is 31.5 Å². The van der Waals surface area contributed by atoms with E-state index in [4.69, 9.17) is 10.5 Å². The molecule has 6 heteroatoms. The van der Waals surface area contributed by atoms with Crippen molar-refractivity contribution in [2.45, 2.75) is 31.4 Å². The number of aryl methyl sites for hydroxylation is 1. The van der Waals surface area contributed by atoms with Gasteiger partial charge in [0.15, 0.2) is 0 Å². The number of morpholine rings is 1. The summed E-state index contributed by atoms with van der Waals surface area (Å²) < 4.78 is 7.60. The highest BCUT2D eigenvalue weighted by Crippen LogP contribution is 2.48. The fourth-order valence-electron chi connectivity index (χ4n) is 4.57. The number of nitrogens with zero attached hydrogens (tertiary/aromatic N) is 3. The van der Waals surface area contributed by atoms with Crippen LogP contribution in [-0.2, 0) is 16.6 Å². The zero-order chi connectivity index (χ0) is 15.3. The summed E-state index contributed by atoms with van der Waals surface area (Å²) in [5, 5.41) is 4.20. The lowest BCUT2D eigenvalue weighted by atomic mass is 9.84. The summed E-state index contributed by atoms with van der Waals surface area (Å²) in [6.07, 6.45) is 7.24. The van der Waals surface area contributed by atoms with E-state index in [0.717, 1.165) is 12.0 Å². The van der Waals surface area contributed by atoms with Gasteiger partial charge in [-0.25, -0.2) is 0 Å². The summed E-state index contributed by atoms with van der Waals surface area (Å²) in [4.78, 5) is 14.9. The smallest absolute Gasteiger partial charge is 0.227 e. The number of hydrogen-bond acceptors (Lipinski definition) is 4. The molecule has 2 N–H and O–H groups in total. The van der Waals surface area contributed by atoms with Gasteiger partial charge in [0.05, 0.1) is 25.3 Å². The Hall–Kier alpha value is -1.40. The van der Waals surface area contributed by atoms with Crippen molar-refractivity contribution in [3.63, 3.8) is 0 Å². The maximum absolute atomic E-state index is 13.0. The van der Waals surface area contributed by atoms with Crippen molar-refractivity contribution in [2.24, 2.45) is 30.5 Å². The van der Waals surface area contributed by atoms with Crippen LogP contribution in [0.3, 0.4) is 0 Å². The number of hydrogen-bond donors (Lipinski definition) is 1. The minimum atomic E-state index is -0.0683. The number of fused-ring (bicyclic) bond motifs is 2. The van der Waals surface area contributed by atoms with E-state index in [1.807, 2.05) is 24.3 Å². The van der Waals surface area contributed by atoms with Gasteiger partial charge in [-0.05, 0) is 31.1 Å². The number of nitrogens with two attached hydrogens (primary N) is 1. The third-order valence-electron chi connectivity index (χ3n) is 5.74. The number of amides is 1. The van der Waals surface area contributed by atoms with Crippen LogP contribution in [-0.4, -0.2) is 46.3 Å². The average molecular weight is 304 g/mol. The van der Waals surface area contributed by atoms with Crippen LogP contribution in [0.25, 0.3) is 0 Å². The summed E-state index contributed by atoms with van der Waals surface area (Å²) in [6.45, 7) is 1.88. The maximum Gasteiger partial charge on any atom is 0.227 e. The molecule has 3 aliphatic rings. The summed E-state index contributed by atoms with van der Waals surface area (Å²) in [7, 11) is 1.89. The Morgan fingerprint density at radius 1 is 1.41 bits per heavy atom. The highest BCUT2D eigenvalue weighted by atomic mass is 16.5. The molecule has 5 unspecified atom stereocenters. The summed E-state index contributed by atoms with van der Waals surface area (Å²) >= 11 is 0. The highest BCUT2D eigenvalue weighted by molar-refractivity contribution is 5.80. The van der Waals surface area contributed by atoms with Crippen LogP contribution in [0.4, 0.5) is 0 Å². The molecule has 1 amide bonds. The first-order valence-electron chi connectivity index (χ1n) is 8.28. The molecule has 2 saturated carbocycles. The van der Waals surface area contributed by atoms with E-state index in [2.05, 4.69) is 5.10 Å². The molecule has 1 aromatic heterocycles. The first-order valence-corrected chi connectivity index (χ1v) is 8.28. The van der Waals surface area contributed by atoms with Crippen LogP contribution in [0.2, 0.25) is 0 Å². The maximum atomic E-state index is 13.0. The largest absolute Gasteiger partial charge is 0.370 e. The Morgan fingerprint density at radius 3 is 2.91 bits per heavy atom. The summed E-state index contributed by atoms with van der Waals surface area (Å²) in [6, 6.07) is 0.0611. The van der Waals surface area contributed by atoms with E-state index in [9.17, 15) is 4.79 Å². The molecule has 2 aliphatic carbocycles. The first-order chi connectivity index (χ1) is 10.6. The molecule has 5 atom stereocenters. The van der Waals surface area contributed by atoms with Crippen LogP contribution >= 0.6 is 0 Å². The fraction of sp³-hybridized carbons (Fsp3) is 0.750. The molecule has 2 heterocycles. The number of aromatic nitrogens is 2. The molecule has 0 aromatic carbocycles. The lowest BCUT2D eigenvalue weighted by molar-refractivity contribution is -0.145. The van der Waals surface area contributed by atoms with E-state index < -0.39 is 0 Å². The predicted octanol–water partition coefficient (Wildman–Crippen LogP) is 0.693. The Balaban J connectivity index is 1.47. The third-order valence-corrected chi connectivity index (χ3v) is 5.74. The number of rotatable bonds is 2. The minimum Gasteiger partial charge on any atom is -0.370 e. The van der Waals surface area contributed by atoms with E-state index in [-0.39, 0.29) is 24.0 Å². The van der Waals surface area contributed by atoms with Gasteiger partial charge in [0, 0.05) is 31.4 Å². The van der Waals surface area contributed by atoms with Crippen LogP contribution < -0.4 is 5.73 Å². The molecule has 120 valence electrons. The molecule has 0 radical (unpaired) electrons. The molecule has 2 bridgehead atoms. The van der Waals surface area contributed by atoms with Gasteiger partial charge in [0.2, 0.25) is 5.91 Å². The van der Waals surface area contributed by atoms with Gasteiger partial charge >= 0.3 is 0 Å². The molecular weight excluding hydrogens is 280 g/mol. The third kappa shape index (κ3) is 2.25. The Kier molecular flexibility index (Phi) is 3.46. The molecule has 1 saturated heterocycles. The van der Waals surface area contributed by atoms with Crippen LogP contribution in [0.15, 0.2) is 12.4 Å². The molecule has 1 aliphatic heterocycles. The van der Waals surface area contributed by atoms with Crippen molar-refractivity contribution in [3.8, 4) is 0 Å². The topological polar surface area (TPSA) is 73.4 Å². The number of carbonyl (C=O) groups excluding carboxylic acids is 1. The summed E-state index contributed by atoms with van der Waals surface area (Å²) in [5.74, 6) is 1.35. The van der Waals surface area contributed by atoms with Crippen molar-refractivity contribution in [2.75, 3.05) is 19.7 Å². The van der Waals surface area contributed by atoms with Crippen molar-refractivity contribution in [1.29, 1.82) is 0 Å². The molecule has 6 nitrogen and oxygen atoms in total. The standard InChI is InChI=1S/C16H24N4O2/c1-19-8-12(7-18-19)13-9-20(4-5-22-13)16(21)14-10-2-3-11(6-10)15(14)17/h7-8,10-11,13-15H,2-6,9,17H2,1H3. The Bertz CT molecular complexity index is 570. The van der Waals surface area contributed by atoms with Crippen molar-refractivity contribution in [1.82, 2.24) is 14.7 Å². The van der Waals surface area contributed by atoms with Gasteiger partial charge in [0.25, 0.3) is 0 Å². The molecule has 1 aromatic rings. The Morgan fingerprint density at radius 2 is 2.23 bits per heavy atom. The monoisotopic (exact) mass is 304 g/mol. The first kappa shape index (κ1) is 14.2. The average Bonchev–Trinajstić information content (AvgIpc) is 3.23. The second kappa shape index (κ2) is 5.35. The normalized spacial score (nSPS) is 37.7. The van der Waals surface area contributed by atoms with E-state index in [1.165, 1.54) is 12.8 Å². The van der Waals surface area contributed by atoms with Crippen LogP contribution in [0.1, 0.15) is 30.9 Å². The van der Waals surface area contributed by atoms with Crippen molar-refractivity contribution in [3.05, 3.63) is 18.0 Å². The van der Waals surface area contributed by atoms with Gasteiger partial charge in [-0.15, -0.1) is 0 Å². The van der Waals surface area contributed by atoms with Crippen molar-refractivity contribution < 1.29 is 9.53 Å². The molecule has 3 fully saturated rings. The van der Waals surface area contributed by atoms with Gasteiger partial charge in [0.1, 0.15) is 6.10 Å². The minimum absolute atomic E-state index is 0.0337. The number of carbonyl (C=O) groups is 1. The van der Waals surface area contributed by atoms with Crippen molar-refractivity contribution >= 4 is 5.91 Å². The zero-order valence-electron chi connectivity index (χ0n) is 13.0. The van der Waals surface area contributed by atoms with Crippen LogP contribution in [0, 0.1) is 17.8 Å². The van der Waals surface area contributed by atoms with Gasteiger partial charge < -0.3 is 15.4 Å². The lowest BCUT2D eigenvalue weighted by Gasteiger charge is -2.37. The van der Waals surface area contributed by atoms with Gasteiger partial charge in [-0.2, -0.15) is 5.10 Å². The quantitative estimate of drug-likeness (QED) is 0.872. The zero-order valence-corrected chi connectivity index (χ0v) is 13.0. The molecule has 0 spiro atoms. The second-order valence-corrected chi connectivity index (χ2v) is 7.03. The SMILES string of the molecule is Cn1cc(C2CN(C(=O)C3C4CCC(C4)C3N)CCO2)cn1. The molecule has 4 rings (SSSR count). The predicted molar refractivity (Wildman–Crippen MR) is 80.8 cm³/mol. The second-order valence-electron chi connectivity index (χ2n) is 7.03. The van der Waals surface area contributed by atoms with Crippen LogP contribution in [0.5, 0.6) is 0 Å². The van der Waals surface area contributed by atoms with Gasteiger partial charge in [-0.1, -0.05) is 0 Å². The Labute approximate surface area is 130 Å². The molecule has 22 heavy (non-hydrogen) atoms.